The zero-order valence-electron chi connectivity index (χ0n) is 16.0. The number of hydrogen-bond donors (Lipinski definition) is 0. The summed E-state index contributed by atoms with van der Waals surface area (Å²) in [5.74, 6) is -1.80. The van der Waals surface area contributed by atoms with Crippen LogP contribution >= 0.6 is 0 Å². The first-order valence-electron chi connectivity index (χ1n) is 8.93. The van der Waals surface area contributed by atoms with E-state index in [4.69, 9.17) is 0 Å². The van der Waals surface area contributed by atoms with Crippen molar-refractivity contribution in [3.05, 3.63) is 89.0 Å². The molecule has 0 bridgehead atoms. The number of rotatable bonds is 6. The van der Waals surface area contributed by atoms with Crippen LogP contribution in [0.5, 0.6) is 0 Å². The molecule has 1 atom stereocenters. The van der Waals surface area contributed by atoms with Crippen molar-refractivity contribution >= 4 is 15.6 Å². The predicted molar refractivity (Wildman–Crippen MR) is 108 cm³/mol. The number of hydrogen-bond acceptors (Lipinski definition) is 6. The first-order chi connectivity index (χ1) is 13.8. The Bertz CT molecular complexity index is 1180. The average molecular weight is 405 g/mol. The molecule has 0 aliphatic rings. The molecule has 0 spiro atoms. The van der Waals surface area contributed by atoms with Crippen LogP contribution in [0.1, 0.15) is 39.1 Å². The number of aryl methyl sites for hydroxylation is 2. The quantitative estimate of drug-likeness (QED) is 0.581. The lowest BCUT2D eigenvalue weighted by molar-refractivity contribution is 0.0976. The zero-order chi connectivity index (χ0) is 21.0. The molecular weight excluding hydrogens is 386 g/mol. The minimum Gasteiger partial charge on any atom is -0.292 e. The van der Waals surface area contributed by atoms with Gasteiger partial charge >= 0.3 is 0 Å². The van der Waals surface area contributed by atoms with Crippen LogP contribution in [0, 0.1) is 25.2 Å². The Morgan fingerprint density at radius 1 is 1.00 bits per heavy atom. The standard InChI is InChI=1S/C22H19N3O3S/c1-15-11-16(2)25-22(24-15)20(13-23)21(26)18-9-6-10-19(12-18)29(27,28)14-17-7-4-3-5-8-17/h3-12,20H,14H2,1-2H3. The van der Waals surface area contributed by atoms with Crippen molar-refractivity contribution in [3.8, 4) is 6.07 Å². The van der Waals surface area contributed by atoms with Gasteiger partial charge in [0.1, 0.15) is 0 Å². The molecule has 146 valence electrons. The Kier molecular flexibility index (Phi) is 5.85. The minimum absolute atomic E-state index is 0.0326. The molecule has 6 nitrogen and oxygen atoms in total. The number of ketones is 1. The van der Waals surface area contributed by atoms with Gasteiger partial charge < -0.3 is 0 Å². The molecule has 0 fully saturated rings. The molecule has 3 rings (SSSR count). The maximum absolute atomic E-state index is 12.9. The van der Waals surface area contributed by atoms with E-state index in [9.17, 15) is 18.5 Å². The summed E-state index contributed by atoms with van der Waals surface area (Å²) in [6.45, 7) is 3.52. The molecule has 1 unspecified atom stereocenters. The van der Waals surface area contributed by atoms with Crippen LogP contribution in [0.25, 0.3) is 0 Å². The summed E-state index contributed by atoms with van der Waals surface area (Å²) in [6, 6.07) is 18.3. The zero-order valence-corrected chi connectivity index (χ0v) is 16.8. The van der Waals surface area contributed by atoms with E-state index in [0.29, 0.717) is 17.0 Å². The number of sulfone groups is 1. The molecule has 2 aromatic carbocycles. The topological polar surface area (TPSA) is 101 Å². The summed E-state index contributed by atoms with van der Waals surface area (Å²) in [7, 11) is -3.65. The predicted octanol–water partition coefficient (Wildman–Crippen LogP) is 3.56. The minimum atomic E-state index is -3.65. The number of aromatic nitrogens is 2. The van der Waals surface area contributed by atoms with Crippen molar-refractivity contribution in [1.82, 2.24) is 9.97 Å². The van der Waals surface area contributed by atoms with Gasteiger partial charge in [0.2, 0.25) is 0 Å². The van der Waals surface area contributed by atoms with Gasteiger partial charge in [0.15, 0.2) is 27.4 Å². The maximum atomic E-state index is 12.9. The highest BCUT2D eigenvalue weighted by atomic mass is 32.2. The molecule has 0 saturated heterocycles. The third-order valence-electron chi connectivity index (χ3n) is 4.33. The Morgan fingerprint density at radius 2 is 1.66 bits per heavy atom. The van der Waals surface area contributed by atoms with E-state index < -0.39 is 21.5 Å². The van der Waals surface area contributed by atoms with Crippen molar-refractivity contribution in [2.24, 2.45) is 0 Å². The number of nitriles is 1. The van der Waals surface area contributed by atoms with Gasteiger partial charge in [-0.1, -0.05) is 42.5 Å². The molecule has 1 aromatic heterocycles. The molecule has 0 aliphatic carbocycles. The van der Waals surface area contributed by atoms with E-state index in [1.54, 1.807) is 44.2 Å². The van der Waals surface area contributed by atoms with Gasteiger partial charge in [0.05, 0.1) is 16.7 Å². The fraction of sp³-hybridized carbons (Fsp3) is 0.182. The molecule has 7 heteroatoms. The van der Waals surface area contributed by atoms with Crippen molar-refractivity contribution in [2.45, 2.75) is 30.4 Å². The molecule has 1 heterocycles. The second kappa shape index (κ2) is 8.33. The molecule has 0 aliphatic heterocycles. The highest BCUT2D eigenvalue weighted by molar-refractivity contribution is 7.90. The molecular formula is C22H19N3O3S. The smallest absolute Gasteiger partial charge is 0.187 e. The van der Waals surface area contributed by atoms with Crippen LogP contribution in [-0.4, -0.2) is 24.2 Å². The number of carbonyl (C=O) groups excluding carboxylic acids is 1. The Balaban J connectivity index is 1.93. The third-order valence-corrected chi connectivity index (χ3v) is 6.01. The van der Waals surface area contributed by atoms with Crippen LogP contribution in [0.4, 0.5) is 0 Å². The number of Topliss-reactive ketones (excluding diaryl/α,β-unsaturated/α-hetero) is 1. The number of benzene rings is 2. The Morgan fingerprint density at radius 3 is 2.28 bits per heavy atom. The van der Waals surface area contributed by atoms with Gasteiger partial charge in [-0.05, 0) is 37.6 Å². The molecule has 29 heavy (non-hydrogen) atoms. The summed E-state index contributed by atoms with van der Waals surface area (Å²) in [5.41, 5.74) is 2.09. The van der Waals surface area contributed by atoms with E-state index in [2.05, 4.69) is 9.97 Å². The third kappa shape index (κ3) is 4.73. The van der Waals surface area contributed by atoms with E-state index in [1.165, 1.54) is 24.3 Å². The van der Waals surface area contributed by atoms with E-state index in [-0.39, 0.29) is 22.0 Å². The summed E-state index contributed by atoms with van der Waals surface area (Å²) in [4.78, 5) is 21.4. The second-order valence-electron chi connectivity index (χ2n) is 6.71. The Labute approximate surface area is 169 Å². The van der Waals surface area contributed by atoms with Crippen molar-refractivity contribution in [2.75, 3.05) is 0 Å². The van der Waals surface area contributed by atoms with Crippen LogP contribution in [-0.2, 0) is 15.6 Å². The normalized spacial score (nSPS) is 12.2. The summed E-state index contributed by atoms with van der Waals surface area (Å²) >= 11 is 0. The van der Waals surface area contributed by atoms with Crippen LogP contribution in [0.15, 0.2) is 65.6 Å². The summed E-state index contributed by atoms with van der Waals surface area (Å²) in [6.07, 6.45) is 0. The molecule has 3 aromatic rings. The SMILES string of the molecule is Cc1cc(C)nc(C(C#N)C(=O)c2cccc(S(=O)(=O)Cc3ccccc3)c2)n1. The molecule has 0 saturated carbocycles. The van der Waals surface area contributed by atoms with Crippen molar-refractivity contribution in [3.63, 3.8) is 0 Å². The number of nitrogens with zero attached hydrogens (tertiary/aromatic N) is 3. The van der Waals surface area contributed by atoms with Gasteiger partial charge in [0.25, 0.3) is 0 Å². The van der Waals surface area contributed by atoms with Gasteiger partial charge in [-0.25, -0.2) is 18.4 Å². The maximum Gasteiger partial charge on any atom is 0.187 e. The highest BCUT2D eigenvalue weighted by Crippen LogP contribution is 2.22. The lowest BCUT2D eigenvalue weighted by Crippen LogP contribution is -2.16. The lowest BCUT2D eigenvalue weighted by Gasteiger charge is -2.10. The monoisotopic (exact) mass is 405 g/mol. The van der Waals surface area contributed by atoms with Crippen LogP contribution in [0.2, 0.25) is 0 Å². The second-order valence-corrected chi connectivity index (χ2v) is 8.70. The fourth-order valence-electron chi connectivity index (χ4n) is 3.00. The van der Waals surface area contributed by atoms with Crippen molar-refractivity contribution in [1.29, 1.82) is 5.26 Å². The van der Waals surface area contributed by atoms with E-state index in [1.807, 2.05) is 12.1 Å². The van der Waals surface area contributed by atoms with Crippen LogP contribution < -0.4 is 0 Å². The van der Waals surface area contributed by atoms with Crippen molar-refractivity contribution < 1.29 is 13.2 Å². The first kappa shape index (κ1) is 20.4. The van der Waals surface area contributed by atoms with E-state index in [0.717, 1.165) is 0 Å². The highest BCUT2D eigenvalue weighted by Gasteiger charge is 2.26. The average Bonchev–Trinajstić information content (AvgIpc) is 2.68. The van der Waals surface area contributed by atoms with Gasteiger partial charge in [0, 0.05) is 17.0 Å². The molecule has 0 N–H and O–H groups in total. The summed E-state index contributed by atoms with van der Waals surface area (Å²) < 4.78 is 25.5. The fourth-order valence-corrected chi connectivity index (χ4v) is 4.39. The summed E-state index contributed by atoms with van der Waals surface area (Å²) in [5, 5.41) is 9.55. The lowest BCUT2D eigenvalue weighted by atomic mass is 9.98. The molecule has 0 radical (unpaired) electrons. The largest absolute Gasteiger partial charge is 0.292 e. The van der Waals surface area contributed by atoms with E-state index >= 15 is 0 Å². The number of carbonyl (C=O) groups is 1. The van der Waals surface area contributed by atoms with Crippen LogP contribution in [0.3, 0.4) is 0 Å². The van der Waals surface area contributed by atoms with Gasteiger partial charge in [-0.3, -0.25) is 4.79 Å². The molecule has 0 amide bonds. The van der Waals surface area contributed by atoms with Gasteiger partial charge in [-0.2, -0.15) is 5.26 Å². The first-order valence-corrected chi connectivity index (χ1v) is 10.6. The Hall–Kier alpha value is -3.37. The van der Waals surface area contributed by atoms with Gasteiger partial charge in [-0.15, -0.1) is 0 Å².